The number of carbonyl (C=O) groups excluding carboxylic acids is 1. The van der Waals surface area contributed by atoms with E-state index in [-0.39, 0.29) is 11.7 Å². The minimum atomic E-state index is -0.0977. The fourth-order valence-corrected chi connectivity index (χ4v) is 4.16. The Bertz CT molecular complexity index is 1230. The summed E-state index contributed by atoms with van der Waals surface area (Å²) in [6, 6.07) is 19.5. The topological polar surface area (TPSA) is 91.2 Å². The Labute approximate surface area is 202 Å². The molecular formula is C25H25N5O3S. The van der Waals surface area contributed by atoms with Gasteiger partial charge in [0.15, 0.2) is 22.5 Å². The molecular weight excluding hydrogens is 450 g/mol. The largest absolute Gasteiger partial charge is 0.493 e. The lowest BCUT2D eigenvalue weighted by Gasteiger charge is -2.11. The van der Waals surface area contributed by atoms with Crippen LogP contribution in [0.1, 0.15) is 11.1 Å². The second-order valence-corrected chi connectivity index (χ2v) is 8.31. The van der Waals surface area contributed by atoms with Gasteiger partial charge in [-0.3, -0.25) is 14.3 Å². The number of thioether (sulfide) groups is 1. The van der Waals surface area contributed by atoms with Gasteiger partial charge >= 0.3 is 0 Å². The molecule has 0 aliphatic carbocycles. The summed E-state index contributed by atoms with van der Waals surface area (Å²) in [5.74, 6) is 2.13. The van der Waals surface area contributed by atoms with E-state index in [9.17, 15) is 4.79 Å². The van der Waals surface area contributed by atoms with E-state index in [0.29, 0.717) is 29.7 Å². The minimum Gasteiger partial charge on any atom is -0.493 e. The first-order valence-corrected chi connectivity index (χ1v) is 11.6. The summed E-state index contributed by atoms with van der Waals surface area (Å²) < 4.78 is 12.6. The fourth-order valence-electron chi connectivity index (χ4n) is 3.39. The molecule has 0 aliphatic heterocycles. The van der Waals surface area contributed by atoms with Crippen molar-refractivity contribution in [3.05, 3.63) is 84.2 Å². The van der Waals surface area contributed by atoms with Crippen LogP contribution < -0.4 is 14.8 Å². The fraction of sp³-hybridized carbons (Fsp3) is 0.200. The molecule has 1 N–H and O–H groups in total. The van der Waals surface area contributed by atoms with Gasteiger partial charge in [0.2, 0.25) is 5.91 Å². The van der Waals surface area contributed by atoms with Gasteiger partial charge in [-0.25, -0.2) is 0 Å². The van der Waals surface area contributed by atoms with Crippen LogP contribution in [0, 0.1) is 0 Å². The standard InChI is InChI=1S/C25H25N5O3S/c1-32-21-9-8-19(14-22(21)33-2)15-27-23(31)17-34-25-29-28-24(20-10-12-26-13-11-20)30(25)16-18-6-4-3-5-7-18/h3-14H,15-17H2,1-2H3,(H,27,31). The zero-order valence-electron chi connectivity index (χ0n) is 19.0. The molecule has 34 heavy (non-hydrogen) atoms. The summed E-state index contributed by atoms with van der Waals surface area (Å²) in [6.45, 7) is 0.986. The molecule has 0 saturated heterocycles. The van der Waals surface area contributed by atoms with Crippen molar-refractivity contribution in [1.82, 2.24) is 25.1 Å². The lowest BCUT2D eigenvalue weighted by atomic mass is 10.2. The van der Waals surface area contributed by atoms with Crippen LogP contribution in [-0.2, 0) is 17.9 Å². The highest BCUT2D eigenvalue weighted by Crippen LogP contribution is 2.28. The van der Waals surface area contributed by atoms with Crippen LogP contribution in [0.25, 0.3) is 11.4 Å². The molecule has 9 heteroatoms. The second-order valence-electron chi connectivity index (χ2n) is 7.37. The number of nitrogens with zero attached hydrogens (tertiary/aromatic N) is 4. The zero-order valence-corrected chi connectivity index (χ0v) is 19.8. The highest BCUT2D eigenvalue weighted by molar-refractivity contribution is 7.99. The molecule has 0 bridgehead atoms. The summed E-state index contributed by atoms with van der Waals surface area (Å²) in [5.41, 5.74) is 2.96. The Kier molecular flexibility index (Phi) is 7.77. The van der Waals surface area contributed by atoms with Crippen LogP contribution in [0.2, 0.25) is 0 Å². The van der Waals surface area contributed by atoms with Crippen LogP contribution in [0.5, 0.6) is 11.5 Å². The van der Waals surface area contributed by atoms with Gasteiger partial charge in [-0.1, -0.05) is 48.2 Å². The van der Waals surface area contributed by atoms with E-state index >= 15 is 0 Å². The number of carbonyl (C=O) groups is 1. The molecule has 2 aromatic heterocycles. The number of methoxy groups -OCH3 is 2. The van der Waals surface area contributed by atoms with Crippen LogP contribution >= 0.6 is 11.8 Å². The van der Waals surface area contributed by atoms with Gasteiger partial charge in [-0.2, -0.15) is 0 Å². The lowest BCUT2D eigenvalue weighted by Crippen LogP contribution is -2.24. The lowest BCUT2D eigenvalue weighted by molar-refractivity contribution is -0.118. The average Bonchev–Trinajstić information content (AvgIpc) is 3.29. The zero-order chi connectivity index (χ0) is 23.8. The molecule has 1 amide bonds. The van der Waals surface area contributed by atoms with Crippen LogP contribution in [0.3, 0.4) is 0 Å². The molecule has 0 aliphatic rings. The Morgan fingerprint density at radius 2 is 1.71 bits per heavy atom. The maximum absolute atomic E-state index is 12.6. The molecule has 2 aromatic carbocycles. The van der Waals surface area contributed by atoms with Gasteiger partial charge in [0.1, 0.15) is 0 Å². The van der Waals surface area contributed by atoms with Crippen molar-refractivity contribution in [2.45, 2.75) is 18.2 Å². The maximum atomic E-state index is 12.6. The van der Waals surface area contributed by atoms with Crippen molar-refractivity contribution in [3.63, 3.8) is 0 Å². The molecule has 0 radical (unpaired) electrons. The van der Waals surface area contributed by atoms with Crippen molar-refractivity contribution in [3.8, 4) is 22.9 Å². The minimum absolute atomic E-state index is 0.0977. The summed E-state index contributed by atoms with van der Waals surface area (Å²) in [6.07, 6.45) is 3.45. The number of ether oxygens (including phenoxy) is 2. The summed E-state index contributed by atoms with van der Waals surface area (Å²) in [7, 11) is 3.18. The predicted molar refractivity (Wildman–Crippen MR) is 131 cm³/mol. The van der Waals surface area contributed by atoms with Gasteiger partial charge in [0, 0.05) is 24.5 Å². The van der Waals surface area contributed by atoms with Crippen molar-refractivity contribution in [2.24, 2.45) is 0 Å². The highest BCUT2D eigenvalue weighted by atomic mass is 32.2. The number of pyridine rings is 1. The number of amides is 1. The van der Waals surface area contributed by atoms with Gasteiger partial charge in [-0.15, -0.1) is 10.2 Å². The van der Waals surface area contributed by atoms with Crippen molar-refractivity contribution < 1.29 is 14.3 Å². The third-order valence-electron chi connectivity index (χ3n) is 5.11. The number of aromatic nitrogens is 4. The monoisotopic (exact) mass is 475 g/mol. The van der Waals surface area contributed by atoms with Gasteiger partial charge in [0.05, 0.1) is 26.5 Å². The summed E-state index contributed by atoms with van der Waals surface area (Å²) >= 11 is 1.36. The van der Waals surface area contributed by atoms with Crippen LogP contribution in [0.4, 0.5) is 0 Å². The van der Waals surface area contributed by atoms with E-state index in [1.165, 1.54) is 11.8 Å². The average molecular weight is 476 g/mol. The van der Waals surface area contributed by atoms with Crippen molar-refractivity contribution >= 4 is 17.7 Å². The summed E-state index contributed by atoms with van der Waals surface area (Å²) in [4.78, 5) is 16.6. The van der Waals surface area contributed by atoms with Crippen molar-refractivity contribution in [2.75, 3.05) is 20.0 Å². The first kappa shape index (κ1) is 23.3. The SMILES string of the molecule is COc1ccc(CNC(=O)CSc2nnc(-c3ccncc3)n2Cc2ccccc2)cc1OC. The molecule has 0 fully saturated rings. The van der Waals surface area contributed by atoms with E-state index < -0.39 is 0 Å². The molecule has 0 saturated carbocycles. The second kappa shape index (κ2) is 11.3. The predicted octanol–water partition coefficient (Wildman–Crippen LogP) is 3.81. The number of benzene rings is 2. The quantitative estimate of drug-likeness (QED) is 0.349. The Hall–Kier alpha value is -3.85. The molecule has 0 spiro atoms. The Balaban J connectivity index is 1.44. The molecule has 174 valence electrons. The maximum Gasteiger partial charge on any atom is 0.230 e. The number of nitrogens with one attached hydrogen (secondary N) is 1. The van der Waals surface area contributed by atoms with Crippen LogP contribution in [0.15, 0.2) is 78.2 Å². The van der Waals surface area contributed by atoms with E-state index in [2.05, 4.69) is 32.6 Å². The molecule has 8 nitrogen and oxygen atoms in total. The summed E-state index contributed by atoms with van der Waals surface area (Å²) in [5, 5.41) is 12.4. The Morgan fingerprint density at radius 1 is 0.941 bits per heavy atom. The normalized spacial score (nSPS) is 10.6. The number of rotatable bonds is 10. The molecule has 0 atom stereocenters. The molecule has 0 unspecified atom stereocenters. The van der Waals surface area contributed by atoms with Gasteiger partial charge < -0.3 is 14.8 Å². The van der Waals surface area contributed by atoms with E-state index in [4.69, 9.17) is 9.47 Å². The van der Waals surface area contributed by atoms with Crippen LogP contribution in [-0.4, -0.2) is 45.6 Å². The third-order valence-corrected chi connectivity index (χ3v) is 6.08. The van der Waals surface area contributed by atoms with E-state index in [1.807, 2.05) is 53.1 Å². The van der Waals surface area contributed by atoms with Gasteiger partial charge in [0.25, 0.3) is 0 Å². The first-order chi connectivity index (χ1) is 16.7. The Morgan fingerprint density at radius 3 is 2.44 bits per heavy atom. The number of hydrogen-bond donors (Lipinski definition) is 1. The molecule has 2 heterocycles. The molecule has 4 rings (SSSR count). The third kappa shape index (κ3) is 5.74. The highest BCUT2D eigenvalue weighted by Gasteiger charge is 2.16. The van der Waals surface area contributed by atoms with Crippen molar-refractivity contribution in [1.29, 1.82) is 0 Å². The smallest absolute Gasteiger partial charge is 0.230 e. The number of hydrogen-bond acceptors (Lipinski definition) is 7. The van der Waals surface area contributed by atoms with E-state index in [1.54, 1.807) is 26.6 Å². The van der Waals surface area contributed by atoms with Gasteiger partial charge in [-0.05, 0) is 35.4 Å². The molecule has 4 aromatic rings. The first-order valence-electron chi connectivity index (χ1n) is 10.7. The van der Waals surface area contributed by atoms with E-state index in [0.717, 1.165) is 22.5 Å².